The van der Waals surface area contributed by atoms with Crippen molar-refractivity contribution >= 4 is 0 Å². The predicted octanol–water partition coefficient (Wildman–Crippen LogP) is 6.04. The number of hydrogen-bond acceptors (Lipinski definition) is 4. The van der Waals surface area contributed by atoms with Crippen LogP contribution < -0.4 is 5.32 Å². The van der Waals surface area contributed by atoms with Crippen molar-refractivity contribution in [3.05, 3.63) is 0 Å². The van der Waals surface area contributed by atoms with E-state index in [0.717, 1.165) is 19.3 Å². The van der Waals surface area contributed by atoms with Crippen LogP contribution in [0.4, 0.5) is 0 Å². The Morgan fingerprint density at radius 3 is 1.50 bits per heavy atom. The van der Waals surface area contributed by atoms with Gasteiger partial charge in [-0.15, -0.1) is 0 Å². The molecular formula is C22H47NO3. The van der Waals surface area contributed by atoms with Gasteiger partial charge in [0.05, 0.1) is 0 Å². The average Bonchev–Trinajstić information content (AvgIpc) is 2.56. The van der Waals surface area contributed by atoms with Crippen LogP contribution >= 0.6 is 0 Å². The molecule has 158 valence electrons. The maximum atomic E-state index is 6.20. The van der Waals surface area contributed by atoms with Crippen molar-refractivity contribution in [2.24, 2.45) is 0 Å². The summed E-state index contributed by atoms with van der Waals surface area (Å²) in [6.45, 7) is 18.8. The highest BCUT2D eigenvalue weighted by atomic mass is 16.9. The highest BCUT2D eigenvalue weighted by Crippen LogP contribution is 2.38. The van der Waals surface area contributed by atoms with Gasteiger partial charge >= 0.3 is 5.97 Å². The van der Waals surface area contributed by atoms with Gasteiger partial charge in [0.1, 0.15) is 5.54 Å². The second-order valence-electron chi connectivity index (χ2n) is 8.18. The summed E-state index contributed by atoms with van der Waals surface area (Å²) in [7, 11) is 0. The van der Waals surface area contributed by atoms with Crippen molar-refractivity contribution in [3.63, 3.8) is 0 Å². The lowest BCUT2D eigenvalue weighted by atomic mass is 9.83. The molecule has 0 aliphatic rings. The Labute approximate surface area is 163 Å². The minimum atomic E-state index is -1.04. The van der Waals surface area contributed by atoms with Crippen LogP contribution in [0, 0.1) is 0 Å². The summed E-state index contributed by atoms with van der Waals surface area (Å²) in [5.74, 6) is -1.04. The van der Waals surface area contributed by atoms with Gasteiger partial charge in [0.25, 0.3) is 0 Å². The molecule has 0 aromatic carbocycles. The van der Waals surface area contributed by atoms with E-state index in [1.807, 2.05) is 20.8 Å². The Morgan fingerprint density at radius 1 is 0.654 bits per heavy atom. The van der Waals surface area contributed by atoms with Crippen molar-refractivity contribution in [2.45, 2.75) is 124 Å². The molecule has 0 saturated carbocycles. The van der Waals surface area contributed by atoms with Gasteiger partial charge in [-0.05, 0) is 54.4 Å². The fourth-order valence-corrected chi connectivity index (χ4v) is 3.81. The molecule has 0 spiro atoms. The number of ether oxygens (including phenoxy) is 3. The largest absolute Gasteiger partial charge is 0.326 e. The van der Waals surface area contributed by atoms with Crippen molar-refractivity contribution < 1.29 is 14.2 Å². The van der Waals surface area contributed by atoms with E-state index in [2.05, 4.69) is 39.9 Å². The maximum absolute atomic E-state index is 6.20. The van der Waals surface area contributed by atoms with Crippen LogP contribution in [0.15, 0.2) is 0 Å². The molecule has 0 saturated heterocycles. The summed E-state index contributed by atoms with van der Waals surface area (Å²) in [6, 6.07) is 0. The zero-order valence-electron chi connectivity index (χ0n) is 19.0. The monoisotopic (exact) mass is 373 g/mol. The zero-order valence-corrected chi connectivity index (χ0v) is 19.0. The van der Waals surface area contributed by atoms with E-state index >= 15 is 0 Å². The quantitative estimate of drug-likeness (QED) is 0.264. The van der Waals surface area contributed by atoms with Crippen LogP contribution in [0.2, 0.25) is 0 Å². The Balaban J connectivity index is 5.52. The van der Waals surface area contributed by atoms with Gasteiger partial charge < -0.3 is 14.2 Å². The van der Waals surface area contributed by atoms with Gasteiger partial charge in [-0.2, -0.15) is 0 Å². The molecule has 26 heavy (non-hydrogen) atoms. The third-order valence-corrected chi connectivity index (χ3v) is 4.76. The lowest BCUT2D eigenvalue weighted by Gasteiger charge is -2.51. The Bertz CT molecular complexity index is 324. The Kier molecular flexibility index (Phi) is 13.0. The summed E-state index contributed by atoms with van der Waals surface area (Å²) in [5, 5.41) is 3.84. The molecular weight excluding hydrogens is 326 g/mol. The van der Waals surface area contributed by atoms with Crippen molar-refractivity contribution in [2.75, 3.05) is 19.8 Å². The third kappa shape index (κ3) is 8.24. The molecule has 1 N–H and O–H groups in total. The molecule has 0 aromatic heterocycles. The van der Waals surface area contributed by atoms with Crippen LogP contribution in [-0.2, 0) is 14.2 Å². The van der Waals surface area contributed by atoms with Gasteiger partial charge in [-0.25, -0.2) is 0 Å². The molecule has 4 nitrogen and oxygen atoms in total. The molecule has 1 unspecified atom stereocenters. The lowest BCUT2D eigenvalue weighted by molar-refractivity contribution is -0.414. The van der Waals surface area contributed by atoms with E-state index in [9.17, 15) is 0 Å². The molecule has 0 aliphatic heterocycles. The van der Waals surface area contributed by atoms with Gasteiger partial charge in [-0.1, -0.05) is 52.4 Å². The normalized spacial score (nSPS) is 15.2. The van der Waals surface area contributed by atoms with Crippen molar-refractivity contribution in [3.8, 4) is 0 Å². The number of hydrogen-bond donors (Lipinski definition) is 1. The van der Waals surface area contributed by atoms with E-state index in [-0.39, 0.29) is 11.1 Å². The maximum Gasteiger partial charge on any atom is 0.302 e. The summed E-state index contributed by atoms with van der Waals surface area (Å²) >= 11 is 0. The van der Waals surface area contributed by atoms with E-state index in [1.54, 1.807) is 0 Å². The second-order valence-corrected chi connectivity index (χ2v) is 8.18. The van der Waals surface area contributed by atoms with Crippen LogP contribution in [-0.4, -0.2) is 36.9 Å². The van der Waals surface area contributed by atoms with E-state index in [0.29, 0.717) is 19.8 Å². The third-order valence-electron chi connectivity index (χ3n) is 4.76. The molecule has 1 atom stereocenters. The number of nitrogens with one attached hydrogen (secondary N) is 1. The molecule has 4 heteroatoms. The molecule has 0 amide bonds. The van der Waals surface area contributed by atoms with Gasteiger partial charge in [-0.3, -0.25) is 5.32 Å². The molecule has 0 heterocycles. The smallest absolute Gasteiger partial charge is 0.302 e. The highest BCUT2D eigenvalue weighted by Gasteiger charge is 2.55. The van der Waals surface area contributed by atoms with Crippen LogP contribution in [0.3, 0.4) is 0 Å². The van der Waals surface area contributed by atoms with Gasteiger partial charge in [0.2, 0.25) is 0 Å². The van der Waals surface area contributed by atoms with Crippen LogP contribution in [0.1, 0.15) is 107 Å². The summed E-state index contributed by atoms with van der Waals surface area (Å²) in [5.41, 5.74) is -0.438. The first-order valence-electron chi connectivity index (χ1n) is 11.0. The lowest BCUT2D eigenvalue weighted by Crippen LogP contribution is -2.70. The van der Waals surface area contributed by atoms with Crippen LogP contribution in [0.5, 0.6) is 0 Å². The number of unbranched alkanes of at least 4 members (excludes halogenated alkanes) is 5. The summed E-state index contributed by atoms with van der Waals surface area (Å²) < 4.78 is 18.6. The zero-order chi connectivity index (χ0) is 20.1. The summed E-state index contributed by atoms with van der Waals surface area (Å²) in [6.07, 6.45) is 9.51. The fraction of sp³-hybridized carbons (Fsp3) is 1.00. The molecule has 0 fully saturated rings. The van der Waals surface area contributed by atoms with E-state index in [4.69, 9.17) is 14.2 Å². The highest BCUT2D eigenvalue weighted by molar-refractivity contribution is 5.00. The molecule has 0 aromatic rings. The Morgan fingerprint density at radius 2 is 1.12 bits per heavy atom. The fourth-order valence-electron chi connectivity index (χ4n) is 3.81. The first-order valence-corrected chi connectivity index (χ1v) is 11.0. The van der Waals surface area contributed by atoms with E-state index < -0.39 is 5.97 Å². The minimum absolute atomic E-state index is 0.0607. The van der Waals surface area contributed by atoms with Crippen molar-refractivity contribution in [1.29, 1.82) is 0 Å². The Hall–Kier alpha value is -0.160. The van der Waals surface area contributed by atoms with Gasteiger partial charge in [0, 0.05) is 25.4 Å². The minimum Gasteiger partial charge on any atom is -0.326 e. The first-order chi connectivity index (χ1) is 12.3. The average molecular weight is 374 g/mol. The SMILES string of the molecule is CCCCCCCCC(CC)(NC(C)(C)C)C(OCC)(OCC)OCC. The molecule has 0 radical (unpaired) electrons. The van der Waals surface area contributed by atoms with E-state index in [1.165, 1.54) is 32.1 Å². The molecule has 0 rings (SSSR count). The topological polar surface area (TPSA) is 39.7 Å². The first kappa shape index (κ1) is 25.8. The van der Waals surface area contributed by atoms with Gasteiger partial charge in [0.15, 0.2) is 0 Å². The molecule has 0 bridgehead atoms. The summed E-state index contributed by atoms with van der Waals surface area (Å²) in [4.78, 5) is 0. The standard InChI is InChI=1S/C22H47NO3/c1-9-14-15-16-17-18-19-21(10-2,23-20(6,7)8)22(24-11-3,25-12-4)26-13-5/h23H,9-19H2,1-8H3. The predicted molar refractivity (Wildman–Crippen MR) is 112 cm³/mol. The molecule has 0 aliphatic carbocycles. The number of rotatable bonds is 16. The van der Waals surface area contributed by atoms with Crippen molar-refractivity contribution in [1.82, 2.24) is 5.32 Å². The second kappa shape index (κ2) is 13.1. The van der Waals surface area contributed by atoms with Crippen LogP contribution in [0.25, 0.3) is 0 Å².